The Morgan fingerprint density at radius 2 is 1.85 bits per heavy atom. The van der Waals surface area contributed by atoms with Crippen LogP contribution in [0.4, 0.5) is 0 Å². The molecule has 0 aromatic heterocycles. The zero-order chi connectivity index (χ0) is 18.8. The Balaban J connectivity index is 1.68. The number of benzene rings is 2. The first-order valence-electron chi connectivity index (χ1n) is 9.07. The fraction of sp³-hybridized carbons (Fsp3) is 0.409. The molecule has 0 bridgehead atoms. The molecule has 2 aromatic rings. The summed E-state index contributed by atoms with van der Waals surface area (Å²) in [7, 11) is 2.16. The smallest absolute Gasteiger partial charge is 0.255 e. The van der Waals surface area contributed by atoms with E-state index in [1.54, 1.807) is 0 Å². The number of rotatable bonds is 8. The van der Waals surface area contributed by atoms with E-state index in [1.165, 1.54) is 12.0 Å². The molecule has 26 heavy (non-hydrogen) atoms. The standard InChI is InChI=1S/C22H28N2O2/c1-21(2)15-22(21,18-9-5-4-6-10-18)16-24(3)13-17-8-7-11-19(12-17)26-14-20(23)25/h4-12H,13-16H2,1-3H3,(H2,23,25). The third kappa shape index (κ3) is 3.91. The maximum atomic E-state index is 10.9. The molecule has 4 nitrogen and oxygen atoms in total. The van der Waals surface area contributed by atoms with Gasteiger partial charge in [-0.05, 0) is 42.1 Å². The minimum Gasteiger partial charge on any atom is -0.484 e. The topological polar surface area (TPSA) is 55.6 Å². The van der Waals surface area contributed by atoms with E-state index in [0.717, 1.165) is 18.7 Å². The van der Waals surface area contributed by atoms with Crippen molar-refractivity contribution in [3.8, 4) is 5.75 Å². The number of carbonyl (C=O) groups excluding carboxylic acids is 1. The third-order valence-electron chi connectivity index (χ3n) is 5.51. The molecular formula is C22H28N2O2. The van der Waals surface area contributed by atoms with Crippen molar-refractivity contribution in [3.05, 3.63) is 65.7 Å². The van der Waals surface area contributed by atoms with Crippen LogP contribution in [-0.4, -0.2) is 31.0 Å². The van der Waals surface area contributed by atoms with Crippen LogP contribution >= 0.6 is 0 Å². The van der Waals surface area contributed by atoms with Crippen molar-refractivity contribution in [2.45, 2.75) is 32.2 Å². The van der Waals surface area contributed by atoms with Crippen molar-refractivity contribution in [2.75, 3.05) is 20.2 Å². The fourth-order valence-electron chi connectivity index (χ4n) is 4.04. The SMILES string of the molecule is CN(Cc1cccc(OCC(N)=O)c1)CC1(c2ccccc2)CC1(C)C. The highest BCUT2D eigenvalue weighted by atomic mass is 16.5. The molecule has 1 aliphatic carbocycles. The first kappa shape index (κ1) is 18.5. The molecule has 0 aliphatic heterocycles. The van der Waals surface area contributed by atoms with Gasteiger partial charge in [-0.1, -0.05) is 56.3 Å². The molecule has 3 rings (SSSR count). The molecule has 1 amide bonds. The number of hydrogen-bond acceptors (Lipinski definition) is 3. The van der Waals surface area contributed by atoms with E-state index in [9.17, 15) is 4.79 Å². The molecule has 1 aliphatic rings. The van der Waals surface area contributed by atoms with Crippen molar-refractivity contribution >= 4 is 5.91 Å². The third-order valence-corrected chi connectivity index (χ3v) is 5.51. The fourth-order valence-corrected chi connectivity index (χ4v) is 4.04. The van der Waals surface area contributed by atoms with Crippen LogP contribution in [0, 0.1) is 5.41 Å². The monoisotopic (exact) mass is 352 g/mol. The predicted molar refractivity (Wildman–Crippen MR) is 104 cm³/mol. The Morgan fingerprint density at radius 3 is 2.46 bits per heavy atom. The first-order valence-corrected chi connectivity index (χ1v) is 9.07. The number of amides is 1. The lowest BCUT2D eigenvalue weighted by molar-refractivity contribution is -0.119. The first-order chi connectivity index (χ1) is 12.3. The summed E-state index contributed by atoms with van der Waals surface area (Å²) in [5.41, 5.74) is 8.26. The number of hydrogen-bond donors (Lipinski definition) is 1. The van der Waals surface area contributed by atoms with Gasteiger partial charge in [0, 0.05) is 18.5 Å². The molecule has 2 aromatic carbocycles. The number of nitrogens with two attached hydrogens (primary N) is 1. The van der Waals surface area contributed by atoms with Crippen molar-refractivity contribution in [2.24, 2.45) is 11.1 Å². The minimum atomic E-state index is -0.465. The zero-order valence-electron chi connectivity index (χ0n) is 15.9. The van der Waals surface area contributed by atoms with Crippen LogP contribution < -0.4 is 10.5 Å². The molecule has 1 saturated carbocycles. The van der Waals surface area contributed by atoms with Gasteiger partial charge in [0.2, 0.25) is 0 Å². The summed E-state index contributed by atoms with van der Waals surface area (Å²) in [5, 5.41) is 0. The van der Waals surface area contributed by atoms with Gasteiger partial charge >= 0.3 is 0 Å². The van der Waals surface area contributed by atoms with E-state index in [1.807, 2.05) is 18.2 Å². The van der Waals surface area contributed by atoms with Gasteiger partial charge in [-0.3, -0.25) is 4.79 Å². The maximum absolute atomic E-state index is 10.9. The zero-order valence-corrected chi connectivity index (χ0v) is 15.9. The van der Waals surface area contributed by atoms with Gasteiger partial charge in [-0.15, -0.1) is 0 Å². The Bertz CT molecular complexity index is 773. The summed E-state index contributed by atoms with van der Waals surface area (Å²) in [5.74, 6) is 0.215. The largest absolute Gasteiger partial charge is 0.484 e. The maximum Gasteiger partial charge on any atom is 0.255 e. The number of ether oxygens (including phenoxy) is 1. The molecule has 0 radical (unpaired) electrons. The van der Waals surface area contributed by atoms with Crippen LogP contribution in [0.5, 0.6) is 5.75 Å². The Morgan fingerprint density at radius 1 is 1.15 bits per heavy atom. The molecule has 1 fully saturated rings. The van der Waals surface area contributed by atoms with Crippen LogP contribution in [0.3, 0.4) is 0 Å². The Labute approximate surface area is 156 Å². The quantitative estimate of drug-likeness (QED) is 0.793. The van der Waals surface area contributed by atoms with Crippen molar-refractivity contribution in [1.29, 1.82) is 0 Å². The molecule has 0 saturated heterocycles. The lowest BCUT2D eigenvalue weighted by atomic mass is 9.87. The normalized spacial score (nSPS) is 20.8. The second-order valence-electron chi connectivity index (χ2n) is 8.08. The number of primary amides is 1. The molecule has 1 atom stereocenters. The van der Waals surface area contributed by atoms with E-state index < -0.39 is 5.91 Å². The second-order valence-corrected chi connectivity index (χ2v) is 8.08. The average molecular weight is 352 g/mol. The van der Waals surface area contributed by atoms with E-state index in [-0.39, 0.29) is 12.0 Å². The number of carbonyl (C=O) groups is 1. The van der Waals surface area contributed by atoms with E-state index >= 15 is 0 Å². The lowest BCUT2D eigenvalue weighted by Gasteiger charge is -2.28. The van der Waals surface area contributed by atoms with Gasteiger partial charge in [-0.25, -0.2) is 0 Å². The van der Waals surface area contributed by atoms with Gasteiger partial charge in [-0.2, -0.15) is 0 Å². The molecule has 138 valence electrons. The summed E-state index contributed by atoms with van der Waals surface area (Å²) in [6.07, 6.45) is 1.20. The molecule has 1 unspecified atom stereocenters. The van der Waals surface area contributed by atoms with Gasteiger partial charge in [0.25, 0.3) is 5.91 Å². The van der Waals surface area contributed by atoms with Crippen molar-refractivity contribution in [3.63, 3.8) is 0 Å². The molecule has 4 heteroatoms. The lowest BCUT2D eigenvalue weighted by Crippen LogP contribution is -2.32. The Hall–Kier alpha value is -2.33. The van der Waals surface area contributed by atoms with Gasteiger partial charge in [0.05, 0.1) is 0 Å². The summed E-state index contributed by atoms with van der Waals surface area (Å²) in [6, 6.07) is 18.7. The molecule has 2 N–H and O–H groups in total. The van der Waals surface area contributed by atoms with Crippen LogP contribution in [0.25, 0.3) is 0 Å². The second kappa shape index (κ2) is 7.12. The molecule has 0 heterocycles. The highest BCUT2D eigenvalue weighted by Gasteiger charge is 2.61. The van der Waals surface area contributed by atoms with Crippen molar-refractivity contribution < 1.29 is 9.53 Å². The van der Waals surface area contributed by atoms with E-state index in [4.69, 9.17) is 10.5 Å². The van der Waals surface area contributed by atoms with Crippen LogP contribution in [0.15, 0.2) is 54.6 Å². The molecular weight excluding hydrogens is 324 g/mol. The van der Waals surface area contributed by atoms with Gasteiger partial charge < -0.3 is 15.4 Å². The highest BCUT2D eigenvalue weighted by molar-refractivity contribution is 5.75. The van der Waals surface area contributed by atoms with Gasteiger partial charge in [0.15, 0.2) is 6.61 Å². The van der Waals surface area contributed by atoms with E-state index in [0.29, 0.717) is 11.2 Å². The highest BCUT2D eigenvalue weighted by Crippen LogP contribution is 2.64. The van der Waals surface area contributed by atoms with E-state index in [2.05, 4.69) is 62.2 Å². The van der Waals surface area contributed by atoms with Crippen molar-refractivity contribution in [1.82, 2.24) is 4.90 Å². The average Bonchev–Trinajstić information content (AvgIpc) is 3.15. The summed E-state index contributed by atoms with van der Waals surface area (Å²) < 4.78 is 5.41. The summed E-state index contributed by atoms with van der Waals surface area (Å²) >= 11 is 0. The molecule has 0 spiro atoms. The van der Waals surface area contributed by atoms with Gasteiger partial charge in [0.1, 0.15) is 5.75 Å². The number of nitrogens with zero attached hydrogens (tertiary/aromatic N) is 1. The van der Waals surface area contributed by atoms with Crippen LogP contribution in [0.2, 0.25) is 0 Å². The van der Waals surface area contributed by atoms with Crippen LogP contribution in [-0.2, 0) is 16.8 Å². The Kier molecular flexibility index (Phi) is 5.05. The predicted octanol–water partition coefficient (Wildman–Crippen LogP) is 3.35. The summed E-state index contributed by atoms with van der Waals surface area (Å²) in [4.78, 5) is 13.3. The summed E-state index contributed by atoms with van der Waals surface area (Å²) in [6.45, 7) is 6.46. The number of likely N-dealkylation sites (N-methyl/N-ethyl adjacent to an activating group) is 1. The minimum absolute atomic E-state index is 0.0927. The van der Waals surface area contributed by atoms with Crippen LogP contribution in [0.1, 0.15) is 31.4 Å².